The number of rotatable bonds is 1. The van der Waals surface area contributed by atoms with E-state index in [4.69, 9.17) is 16.3 Å². The Hall–Kier alpha value is -2.33. The van der Waals surface area contributed by atoms with Crippen LogP contribution in [-0.2, 0) is 21.9 Å². The van der Waals surface area contributed by atoms with Gasteiger partial charge in [0.1, 0.15) is 5.75 Å². The van der Waals surface area contributed by atoms with Crippen LogP contribution in [0.4, 0.5) is 5.69 Å². The molecule has 0 aromatic heterocycles. The SMILES string of the molecule is C[C@@H]1[C@@H](C)C[C@H](N(C)C)C[C@H](O)[C@@H]2CC[C@H]2CN2C[C@@]3(CCCc4cc(Cl)ccc43)COc3ccc(cc32)C(=O)NS1(=O)=O. The van der Waals surface area contributed by atoms with Gasteiger partial charge in [-0.2, -0.15) is 0 Å². The number of carbonyl (C=O) groups is 1. The summed E-state index contributed by atoms with van der Waals surface area (Å²) in [6.07, 6.45) is 5.68. The number of anilines is 1. The third kappa shape index (κ3) is 5.97. The van der Waals surface area contributed by atoms with Gasteiger partial charge in [0.25, 0.3) is 5.91 Å². The molecule has 2 N–H and O–H groups in total. The molecule has 2 aromatic carbocycles. The highest BCUT2D eigenvalue weighted by Crippen LogP contribution is 2.47. The minimum Gasteiger partial charge on any atom is -0.490 e. The molecule has 44 heavy (non-hydrogen) atoms. The first-order valence-electron chi connectivity index (χ1n) is 16.1. The number of nitrogens with one attached hydrogen (secondary N) is 1. The predicted molar refractivity (Wildman–Crippen MR) is 174 cm³/mol. The van der Waals surface area contributed by atoms with Crippen molar-refractivity contribution in [3.63, 3.8) is 0 Å². The average Bonchev–Trinajstić information content (AvgIpc) is 3.10. The molecule has 4 aliphatic rings. The van der Waals surface area contributed by atoms with Gasteiger partial charge in [-0.05, 0) is 125 Å². The summed E-state index contributed by atoms with van der Waals surface area (Å²) in [5.74, 6) is 0.303. The highest BCUT2D eigenvalue weighted by Gasteiger charge is 2.45. The van der Waals surface area contributed by atoms with Gasteiger partial charge in [-0.25, -0.2) is 13.1 Å². The highest BCUT2D eigenvalue weighted by molar-refractivity contribution is 7.90. The largest absolute Gasteiger partial charge is 0.490 e. The first kappa shape index (κ1) is 31.6. The number of ether oxygens (including phenoxy) is 1. The van der Waals surface area contributed by atoms with Crippen LogP contribution in [0.25, 0.3) is 0 Å². The molecule has 240 valence electrons. The molecule has 2 aliphatic heterocycles. The van der Waals surface area contributed by atoms with Crippen LogP contribution in [0, 0.1) is 17.8 Å². The van der Waals surface area contributed by atoms with Crippen molar-refractivity contribution in [2.75, 3.05) is 38.7 Å². The summed E-state index contributed by atoms with van der Waals surface area (Å²) in [5, 5.41) is 11.5. The zero-order chi connectivity index (χ0) is 31.4. The van der Waals surface area contributed by atoms with Crippen LogP contribution in [-0.4, -0.2) is 75.5 Å². The molecule has 8 nitrogen and oxygen atoms in total. The van der Waals surface area contributed by atoms with Gasteiger partial charge in [-0.3, -0.25) is 4.79 Å². The number of aliphatic hydroxyl groups excluding tert-OH is 1. The van der Waals surface area contributed by atoms with Gasteiger partial charge < -0.3 is 19.6 Å². The number of amides is 1. The number of hydrogen-bond donors (Lipinski definition) is 2. The van der Waals surface area contributed by atoms with E-state index in [-0.39, 0.29) is 28.9 Å². The number of aliphatic hydroxyl groups is 1. The Morgan fingerprint density at radius 1 is 1.11 bits per heavy atom. The highest BCUT2D eigenvalue weighted by atomic mass is 35.5. The lowest BCUT2D eigenvalue weighted by molar-refractivity contribution is -0.00542. The fraction of sp³-hybridized carbons (Fsp3) is 0.618. The van der Waals surface area contributed by atoms with E-state index in [0.29, 0.717) is 37.7 Å². The summed E-state index contributed by atoms with van der Waals surface area (Å²) in [4.78, 5) is 17.9. The third-order valence-corrected chi connectivity index (χ3v) is 13.3. The van der Waals surface area contributed by atoms with Gasteiger partial charge >= 0.3 is 0 Å². The van der Waals surface area contributed by atoms with Crippen molar-refractivity contribution in [1.82, 2.24) is 9.62 Å². The molecular weight excluding hydrogens is 598 g/mol. The van der Waals surface area contributed by atoms with Crippen molar-refractivity contribution < 1.29 is 23.1 Å². The van der Waals surface area contributed by atoms with Crippen LogP contribution in [0.1, 0.15) is 73.9 Å². The molecule has 1 fully saturated rings. The first-order valence-corrected chi connectivity index (χ1v) is 18.0. The second kappa shape index (κ2) is 12.1. The normalized spacial score (nSPS) is 33.8. The molecule has 7 atom stereocenters. The number of aryl methyl sites for hydroxylation is 1. The molecule has 2 heterocycles. The van der Waals surface area contributed by atoms with Crippen molar-refractivity contribution in [2.24, 2.45) is 17.8 Å². The Kier molecular flexibility index (Phi) is 8.72. The summed E-state index contributed by atoms with van der Waals surface area (Å²) in [5.41, 5.74) is 3.35. The third-order valence-electron chi connectivity index (χ3n) is 11.1. The Morgan fingerprint density at radius 2 is 1.91 bits per heavy atom. The Morgan fingerprint density at radius 3 is 2.64 bits per heavy atom. The first-order chi connectivity index (χ1) is 20.9. The molecule has 0 saturated heterocycles. The zero-order valence-electron chi connectivity index (χ0n) is 26.3. The Labute approximate surface area is 267 Å². The molecule has 0 unspecified atom stereocenters. The van der Waals surface area contributed by atoms with Gasteiger partial charge in [0.2, 0.25) is 10.0 Å². The summed E-state index contributed by atoms with van der Waals surface area (Å²) in [6, 6.07) is 11.5. The standard InChI is InChI=1S/C34H46ClN3O5S/c1-21-14-27(37(3)4)17-31(39)28-10-7-25(28)18-38-19-34(13-5-6-23-15-26(35)9-11-29(23)34)20-43-32-12-8-24(16-30(32)38)33(40)36-44(41,42)22(21)2/h8-9,11-12,15-16,21-22,25,27-28,31,39H,5-7,10,13-14,17-20H2,1-4H3,(H,36,40)/t21-,22+,25-,27-,28+,31-,34-/m0/s1. The number of fused-ring (bicyclic) bond motifs is 4. The number of nitrogens with zero attached hydrogens (tertiary/aromatic N) is 2. The van der Waals surface area contributed by atoms with Gasteiger partial charge in [-0.15, -0.1) is 0 Å². The smallest absolute Gasteiger partial charge is 0.264 e. The van der Waals surface area contributed by atoms with Crippen molar-refractivity contribution in [3.05, 3.63) is 58.1 Å². The van der Waals surface area contributed by atoms with E-state index >= 15 is 0 Å². The van der Waals surface area contributed by atoms with Gasteiger partial charge in [0.05, 0.1) is 23.6 Å². The van der Waals surface area contributed by atoms with Crippen molar-refractivity contribution in [2.45, 2.75) is 81.6 Å². The van der Waals surface area contributed by atoms with E-state index in [1.54, 1.807) is 25.1 Å². The second-order valence-electron chi connectivity index (χ2n) is 14.1. The van der Waals surface area contributed by atoms with Crippen LogP contribution < -0.4 is 14.4 Å². The molecular formula is C34H46ClN3O5S. The molecule has 1 spiro atoms. The summed E-state index contributed by atoms with van der Waals surface area (Å²) in [7, 11) is 0.0311. The molecule has 1 amide bonds. The summed E-state index contributed by atoms with van der Waals surface area (Å²) < 4.78 is 35.8. The van der Waals surface area contributed by atoms with Gasteiger partial charge in [-0.1, -0.05) is 24.6 Å². The fourth-order valence-corrected chi connectivity index (χ4v) is 9.53. The quantitative estimate of drug-likeness (QED) is 0.451. The van der Waals surface area contributed by atoms with Gasteiger partial charge in [0, 0.05) is 35.1 Å². The molecule has 1 saturated carbocycles. The Bertz CT molecular complexity index is 1520. The summed E-state index contributed by atoms with van der Waals surface area (Å²) in [6.45, 7) is 5.51. The lowest BCUT2D eigenvalue weighted by Crippen LogP contribution is -2.50. The maximum atomic E-state index is 13.5. The van der Waals surface area contributed by atoms with Crippen LogP contribution in [0.3, 0.4) is 0 Å². The van der Waals surface area contributed by atoms with Crippen LogP contribution in [0.5, 0.6) is 5.75 Å². The van der Waals surface area contributed by atoms with E-state index in [1.807, 2.05) is 27.1 Å². The van der Waals surface area contributed by atoms with Crippen molar-refractivity contribution in [3.8, 4) is 5.75 Å². The maximum Gasteiger partial charge on any atom is 0.264 e. The van der Waals surface area contributed by atoms with E-state index in [2.05, 4.69) is 26.7 Å². The van der Waals surface area contributed by atoms with Crippen LogP contribution in [0.2, 0.25) is 5.02 Å². The van der Waals surface area contributed by atoms with Crippen molar-refractivity contribution in [1.29, 1.82) is 0 Å². The van der Waals surface area contributed by atoms with Crippen LogP contribution >= 0.6 is 11.6 Å². The number of sulfonamides is 1. The fourth-order valence-electron chi connectivity index (χ4n) is 8.05. The predicted octanol–water partition coefficient (Wildman–Crippen LogP) is 5.01. The van der Waals surface area contributed by atoms with E-state index < -0.39 is 27.3 Å². The van der Waals surface area contributed by atoms with Gasteiger partial charge in [0.15, 0.2) is 0 Å². The average molecular weight is 644 g/mol. The minimum atomic E-state index is -3.94. The number of carbonyl (C=O) groups excluding carboxylic acids is 1. The van der Waals surface area contributed by atoms with E-state index in [1.165, 1.54) is 11.1 Å². The monoisotopic (exact) mass is 643 g/mol. The summed E-state index contributed by atoms with van der Waals surface area (Å²) >= 11 is 6.41. The lowest BCUT2D eigenvalue weighted by Gasteiger charge is -2.46. The zero-order valence-corrected chi connectivity index (χ0v) is 27.8. The van der Waals surface area contributed by atoms with Crippen LogP contribution in [0.15, 0.2) is 36.4 Å². The molecule has 0 radical (unpaired) electrons. The molecule has 2 aliphatic carbocycles. The Balaban J connectivity index is 1.42. The minimum absolute atomic E-state index is 0.0160. The molecule has 6 rings (SSSR count). The number of benzene rings is 2. The second-order valence-corrected chi connectivity index (χ2v) is 16.6. The van der Waals surface area contributed by atoms with Crippen molar-refractivity contribution >= 4 is 33.2 Å². The number of halogens is 1. The number of hydrogen-bond acceptors (Lipinski definition) is 7. The topological polar surface area (TPSA) is 99.2 Å². The maximum absolute atomic E-state index is 13.5. The molecule has 2 aromatic rings. The lowest BCUT2D eigenvalue weighted by atomic mass is 9.67. The van der Waals surface area contributed by atoms with E-state index in [0.717, 1.165) is 49.4 Å². The molecule has 10 heteroatoms. The van der Waals surface area contributed by atoms with E-state index in [9.17, 15) is 18.3 Å². The molecule has 2 bridgehead atoms.